The summed E-state index contributed by atoms with van der Waals surface area (Å²) in [5.74, 6) is -0.306. The summed E-state index contributed by atoms with van der Waals surface area (Å²) >= 11 is 6.06. The van der Waals surface area contributed by atoms with E-state index < -0.39 is 4.92 Å². The number of halogens is 1. The van der Waals surface area contributed by atoms with E-state index in [1.807, 2.05) is 32.9 Å². The molecule has 0 heterocycles. The second-order valence-electron chi connectivity index (χ2n) is 5.49. The van der Waals surface area contributed by atoms with Crippen molar-refractivity contribution in [1.82, 2.24) is 0 Å². The lowest BCUT2D eigenvalue weighted by Gasteiger charge is -2.13. The summed E-state index contributed by atoms with van der Waals surface area (Å²) in [6.45, 7) is 5.67. The van der Waals surface area contributed by atoms with E-state index in [4.69, 9.17) is 16.3 Å². The van der Waals surface area contributed by atoms with Gasteiger partial charge in [-0.05, 0) is 31.9 Å². The van der Waals surface area contributed by atoms with E-state index in [9.17, 15) is 14.9 Å². The van der Waals surface area contributed by atoms with Crippen LogP contribution < -0.4 is 10.1 Å². The summed E-state index contributed by atoms with van der Waals surface area (Å²) in [4.78, 5) is 23.0. The largest absolute Gasteiger partial charge is 0.490 e. The van der Waals surface area contributed by atoms with Gasteiger partial charge in [-0.1, -0.05) is 29.3 Å². The van der Waals surface area contributed by atoms with E-state index in [2.05, 4.69) is 5.32 Å². The van der Waals surface area contributed by atoms with Crippen LogP contribution in [0.1, 0.15) is 27.0 Å². The number of ether oxygens (including phenoxy) is 1. The summed E-state index contributed by atoms with van der Waals surface area (Å²) in [5.41, 5.74) is 3.29. The van der Waals surface area contributed by atoms with Crippen LogP contribution in [0.4, 0.5) is 11.4 Å². The number of hydrogen-bond donors (Lipinski definition) is 1. The number of benzene rings is 2. The normalized spacial score (nSPS) is 10.4. The Hall–Kier alpha value is -2.60. The molecule has 0 unspecified atom stereocenters. The van der Waals surface area contributed by atoms with Crippen molar-refractivity contribution in [1.29, 1.82) is 0 Å². The standard InChI is InChI=1S/C17H17ClN2O4/c1-9-5-10(2)16(11(3)6-9)17(21)19-13-8-15(24-4)14(20(22)23)7-12(13)18/h5-8H,1-4H3,(H,19,21). The van der Waals surface area contributed by atoms with Crippen LogP contribution in [0.3, 0.4) is 0 Å². The molecule has 126 valence electrons. The van der Waals surface area contributed by atoms with Crippen molar-refractivity contribution in [2.45, 2.75) is 20.8 Å². The van der Waals surface area contributed by atoms with Gasteiger partial charge >= 0.3 is 5.69 Å². The molecular weight excluding hydrogens is 332 g/mol. The third-order valence-electron chi connectivity index (χ3n) is 3.62. The highest BCUT2D eigenvalue weighted by Crippen LogP contribution is 2.36. The third-order valence-corrected chi connectivity index (χ3v) is 3.93. The average Bonchev–Trinajstić information content (AvgIpc) is 2.47. The number of nitro benzene ring substituents is 1. The molecule has 0 aliphatic carbocycles. The maximum atomic E-state index is 12.6. The zero-order valence-corrected chi connectivity index (χ0v) is 14.5. The Morgan fingerprint density at radius 2 is 1.75 bits per heavy atom. The number of anilines is 1. The zero-order valence-electron chi connectivity index (χ0n) is 13.8. The van der Waals surface area contributed by atoms with Gasteiger partial charge in [-0.3, -0.25) is 14.9 Å². The maximum absolute atomic E-state index is 12.6. The fourth-order valence-electron chi connectivity index (χ4n) is 2.67. The Kier molecular flexibility index (Phi) is 5.09. The van der Waals surface area contributed by atoms with Crippen LogP contribution in [0.5, 0.6) is 5.75 Å². The number of aryl methyl sites for hydroxylation is 3. The van der Waals surface area contributed by atoms with Crippen LogP contribution >= 0.6 is 11.6 Å². The molecule has 0 aliphatic rings. The Labute approximate surface area is 144 Å². The van der Waals surface area contributed by atoms with Crippen molar-refractivity contribution in [3.8, 4) is 5.75 Å². The molecule has 1 amide bonds. The lowest BCUT2D eigenvalue weighted by molar-refractivity contribution is -0.385. The van der Waals surface area contributed by atoms with Gasteiger partial charge in [-0.2, -0.15) is 0 Å². The van der Waals surface area contributed by atoms with Gasteiger partial charge in [0.15, 0.2) is 5.75 Å². The van der Waals surface area contributed by atoms with E-state index >= 15 is 0 Å². The smallest absolute Gasteiger partial charge is 0.312 e. The summed E-state index contributed by atoms with van der Waals surface area (Å²) in [5, 5.41) is 13.8. The second-order valence-corrected chi connectivity index (χ2v) is 5.90. The number of hydrogen-bond acceptors (Lipinski definition) is 4. The first-order valence-corrected chi connectivity index (χ1v) is 7.53. The van der Waals surface area contributed by atoms with Crippen LogP contribution in [0.25, 0.3) is 0 Å². The van der Waals surface area contributed by atoms with Gasteiger partial charge in [0.1, 0.15) is 0 Å². The topological polar surface area (TPSA) is 81.5 Å². The zero-order chi connectivity index (χ0) is 18.0. The van der Waals surface area contributed by atoms with Gasteiger partial charge in [-0.25, -0.2) is 0 Å². The van der Waals surface area contributed by atoms with Gasteiger partial charge in [0.25, 0.3) is 5.91 Å². The van der Waals surface area contributed by atoms with Crippen molar-refractivity contribution in [3.63, 3.8) is 0 Å². The van der Waals surface area contributed by atoms with Crippen LogP contribution in [-0.4, -0.2) is 17.9 Å². The molecule has 2 rings (SSSR count). The number of nitrogens with zero attached hydrogens (tertiary/aromatic N) is 1. The van der Waals surface area contributed by atoms with Gasteiger partial charge in [0.2, 0.25) is 0 Å². The minimum absolute atomic E-state index is 0.0250. The summed E-state index contributed by atoms with van der Waals surface area (Å²) in [7, 11) is 1.32. The molecule has 0 bridgehead atoms. The number of methoxy groups -OCH3 is 1. The second kappa shape index (κ2) is 6.88. The average molecular weight is 349 g/mol. The van der Waals surface area contributed by atoms with Gasteiger partial charge in [0.05, 0.1) is 22.7 Å². The molecule has 2 aromatic carbocycles. The van der Waals surface area contributed by atoms with Crippen LogP contribution in [0, 0.1) is 30.9 Å². The molecule has 0 radical (unpaired) electrons. The van der Waals surface area contributed by atoms with E-state index in [1.54, 1.807) is 0 Å². The maximum Gasteiger partial charge on any atom is 0.312 e. The lowest BCUT2D eigenvalue weighted by atomic mass is 9.99. The van der Waals surface area contributed by atoms with Crippen LogP contribution in [0.2, 0.25) is 5.02 Å². The SMILES string of the molecule is COc1cc(NC(=O)c2c(C)cc(C)cc2C)c(Cl)cc1[N+](=O)[O-]. The molecular formula is C17H17ClN2O4. The van der Waals surface area contributed by atoms with Crippen molar-refractivity contribution < 1.29 is 14.5 Å². The molecule has 24 heavy (non-hydrogen) atoms. The number of carbonyl (C=O) groups is 1. The van der Waals surface area contributed by atoms with E-state index in [-0.39, 0.29) is 28.1 Å². The van der Waals surface area contributed by atoms with Gasteiger partial charge in [0, 0.05) is 17.7 Å². The van der Waals surface area contributed by atoms with Crippen LogP contribution in [0.15, 0.2) is 24.3 Å². The third kappa shape index (κ3) is 3.49. The Morgan fingerprint density at radius 1 is 1.17 bits per heavy atom. The van der Waals surface area contributed by atoms with E-state index in [1.165, 1.54) is 13.2 Å². The van der Waals surface area contributed by atoms with E-state index in [0.29, 0.717) is 5.56 Å². The molecule has 6 nitrogen and oxygen atoms in total. The lowest BCUT2D eigenvalue weighted by Crippen LogP contribution is -2.15. The van der Waals surface area contributed by atoms with Crippen molar-refractivity contribution in [2.75, 3.05) is 12.4 Å². The minimum atomic E-state index is -0.593. The summed E-state index contributed by atoms with van der Waals surface area (Å²) in [6, 6.07) is 6.34. The molecule has 0 saturated carbocycles. The van der Waals surface area contributed by atoms with Gasteiger partial charge in [-0.15, -0.1) is 0 Å². The quantitative estimate of drug-likeness (QED) is 0.654. The molecule has 0 spiro atoms. The van der Waals surface area contributed by atoms with Crippen molar-refractivity contribution in [2.24, 2.45) is 0 Å². The van der Waals surface area contributed by atoms with Crippen molar-refractivity contribution in [3.05, 3.63) is 61.7 Å². The predicted molar refractivity (Wildman–Crippen MR) is 93.3 cm³/mol. The number of nitro groups is 1. The number of rotatable bonds is 4. The highest BCUT2D eigenvalue weighted by molar-refractivity contribution is 6.34. The Morgan fingerprint density at radius 3 is 2.25 bits per heavy atom. The summed E-state index contributed by atoms with van der Waals surface area (Å²) < 4.78 is 5.00. The molecule has 7 heteroatoms. The molecule has 2 aromatic rings. The first-order valence-electron chi connectivity index (χ1n) is 7.15. The molecule has 0 aliphatic heterocycles. The van der Waals surface area contributed by atoms with E-state index in [0.717, 1.165) is 22.8 Å². The molecule has 0 atom stereocenters. The Balaban J connectivity index is 2.41. The number of carbonyl (C=O) groups excluding carboxylic acids is 1. The first kappa shape index (κ1) is 17.7. The number of amides is 1. The predicted octanol–water partition coefficient (Wildman–Crippen LogP) is 4.43. The number of nitrogens with one attached hydrogen (secondary N) is 1. The minimum Gasteiger partial charge on any atom is -0.490 e. The molecule has 0 fully saturated rings. The van der Waals surface area contributed by atoms with Crippen molar-refractivity contribution >= 4 is 28.9 Å². The van der Waals surface area contributed by atoms with Crippen LogP contribution in [-0.2, 0) is 0 Å². The first-order chi connectivity index (χ1) is 11.2. The fourth-order valence-corrected chi connectivity index (χ4v) is 2.87. The summed E-state index contributed by atoms with van der Waals surface area (Å²) in [6.07, 6.45) is 0. The monoisotopic (exact) mass is 348 g/mol. The highest BCUT2D eigenvalue weighted by Gasteiger charge is 2.20. The molecule has 0 aromatic heterocycles. The van der Waals surface area contributed by atoms with Gasteiger partial charge < -0.3 is 10.1 Å². The molecule has 0 saturated heterocycles. The Bertz CT molecular complexity index is 811. The highest BCUT2D eigenvalue weighted by atomic mass is 35.5. The molecule has 1 N–H and O–H groups in total. The fraction of sp³-hybridized carbons (Fsp3) is 0.235.